The second-order valence-corrected chi connectivity index (χ2v) is 2.42. The van der Waals surface area contributed by atoms with Gasteiger partial charge in [-0.05, 0) is 24.3 Å². The van der Waals surface area contributed by atoms with E-state index in [0.717, 1.165) is 0 Å². The zero-order valence-corrected chi connectivity index (χ0v) is 6.81. The van der Waals surface area contributed by atoms with Crippen LogP contribution >= 0.6 is 0 Å². The molecule has 0 unspecified atom stereocenters. The lowest BCUT2D eigenvalue weighted by Crippen LogP contribution is -2.35. The number of phenolic OH excluding ortho intramolecular Hbond substituents is 1. The Kier molecular flexibility index (Phi) is 2.84. The third-order valence-corrected chi connectivity index (χ3v) is 1.35. The summed E-state index contributed by atoms with van der Waals surface area (Å²) in [4.78, 5) is 11.1. The number of nitrogens with two attached hydrogens (primary N) is 2. The van der Waals surface area contributed by atoms with Gasteiger partial charge in [-0.3, -0.25) is 11.5 Å². The van der Waals surface area contributed by atoms with Crippen LogP contribution in [0.2, 0.25) is 0 Å². The molecule has 0 spiro atoms. The van der Waals surface area contributed by atoms with Crippen LogP contribution in [0.25, 0.3) is 0 Å². The van der Waals surface area contributed by atoms with Crippen molar-refractivity contribution in [1.82, 2.24) is 0 Å². The Labute approximate surface area is 74.9 Å². The van der Waals surface area contributed by atoms with Crippen LogP contribution in [0.3, 0.4) is 0 Å². The summed E-state index contributed by atoms with van der Waals surface area (Å²) in [6.07, 6.45) is -1.12. The van der Waals surface area contributed by atoms with E-state index in [0.29, 0.717) is 5.56 Å². The normalized spacial score (nSPS) is 10.1. The molecule has 1 rings (SSSR count). The lowest BCUT2D eigenvalue weighted by molar-refractivity contribution is 0.0330. The number of carbonyl (C=O) groups is 1. The van der Waals surface area contributed by atoms with Crippen LogP contribution in [0.1, 0.15) is 10.4 Å². The van der Waals surface area contributed by atoms with Crippen LogP contribution in [0.5, 0.6) is 5.75 Å². The van der Waals surface area contributed by atoms with Gasteiger partial charge in [-0.15, -0.1) is 0 Å². The molecule has 0 aliphatic heterocycles. The third kappa shape index (κ3) is 2.73. The zero-order valence-electron chi connectivity index (χ0n) is 6.81. The molecule has 0 fully saturated rings. The Hall–Kier alpha value is -1.59. The Morgan fingerprint density at radius 1 is 1.31 bits per heavy atom. The molecule has 0 atom stereocenters. The quantitative estimate of drug-likeness (QED) is 0.432. The van der Waals surface area contributed by atoms with Gasteiger partial charge < -0.3 is 9.84 Å². The fourth-order valence-corrected chi connectivity index (χ4v) is 0.789. The number of carbonyl (C=O) groups excluding carboxylic acids is 1. The molecular weight excluding hydrogens is 172 g/mol. The summed E-state index contributed by atoms with van der Waals surface area (Å²) in [5.74, 6) is -0.538. The summed E-state index contributed by atoms with van der Waals surface area (Å²) < 4.78 is 4.51. The van der Waals surface area contributed by atoms with Gasteiger partial charge in [0, 0.05) is 0 Å². The number of esters is 1. The van der Waals surface area contributed by atoms with Crippen LogP contribution in [0.15, 0.2) is 24.3 Å². The molecule has 0 radical (unpaired) electrons. The van der Waals surface area contributed by atoms with Crippen LogP contribution in [0, 0.1) is 0 Å². The van der Waals surface area contributed by atoms with E-state index in [-0.39, 0.29) is 5.75 Å². The predicted octanol–water partition coefficient (Wildman–Crippen LogP) is -0.250. The summed E-state index contributed by atoms with van der Waals surface area (Å²) in [7, 11) is 0. The summed E-state index contributed by atoms with van der Waals surface area (Å²) in [6, 6.07) is 5.58. The Morgan fingerprint density at radius 3 is 2.31 bits per heavy atom. The highest BCUT2D eigenvalue weighted by atomic mass is 16.6. The molecule has 5 nitrogen and oxygen atoms in total. The molecule has 0 aromatic heterocycles. The minimum Gasteiger partial charge on any atom is -0.508 e. The second kappa shape index (κ2) is 3.88. The molecule has 0 saturated carbocycles. The van der Waals surface area contributed by atoms with Crippen LogP contribution in [-0.2, 0) is 4.74 Å². The van der Waals surface area contributed by atoms with Gasteiger partial charge in [0.05, 0.1) is 5.56 Å². The summed E-state index contributed by atoms with van der Waals surface area (Å²) in [5, 5.41) is 8.92. The molecule has 0 heterocycles. The van der Waals surface area contributed by atoms with Crippen molar-refractivity contribution in [2.45, 2.75) is 6.35 Å². The van der Waals surface area contributed by atoms with Crippen LogP contribution in [-0.4, -0.2) is 17.4 Å². The molecule has 0 aliphatic carbocycles. The number of ether oxygens (including phenoxy) is 1. The van der Waals surface area contributed by atoms with Gasteiger partial charge in [0.15, 0.2) is 0 Å². The topological polar surface area (TPSA) is 98.6 Å². The average molecular weight is 182 g/mol. The molecule has 5 N–H and O–H groups in total. The third-order valence-electron chi connectivity index (χ3n) is 1.35. The van der Waals surface area contributed by atoms with Crippen molar-refractivity contribution in [3.05, 3.63) is 29.8 Å². The molecule has 0 aliphatic rings. The molecule has 1 aromatic rings. The number of hydrogen-bond acceptors (Lipinski definition) is 5. The van der Waals surface area contributed by atoms with Gasteiger partial charge in [-0.2, -0.15) is 0 Å². The molecular formula is C8H10N2O3. The van der Waals surface area contributed by atoms with Crippen molar-refractivity contribution in [3.8, 4) is 5.75 Å². The lowest BCUT2D eigenvalue weighted by Gasteiger charge is -2.06. The average Bonchev–Trinajstić information content (AvgIpc) is 2.04. The lowest BCUT2D eigenvalue weighted by atomic mass is 10.2. The highest BCUT2D eigenvalue weighted by Crippen LogP contribution is 2.10. The minimum atomic E-state index is -1.12. The SMILES string of the molecule is NC(N)OC(=O)c1ccc(O)cc1. The predicted molar refractivity (Wildman–Crippen MR) is 45.7 cm³/mol. The fraction of sp³-hybridized carbons (Fsp3) is 0.125. The van der Waals surface area contributed by atoms with Crippen molar-refractivity contribution in [2.24, 2.45) is 11.5 Å². The van der Waals surface area contributed by atoms with Gasteiger partial charge in [-0.1, -0.05) is 0 Å². The van der Waals surface area contributed by atoms with Crippen LogP contribution in [0.4, 0.5) is 0 Å². The van der Waals surface area contributed by atoms with Crippen LogP contribution < -0.4 is 11.5 Å². The number of aromatic hydroxyl groups is 1. The highest BCUT2D eigenvalue weighted by Gasteiger charge is 2.08. The Bertz CT molecular complexity index is 295. The molecule has 5 heteroatoms. The van der Waals surface area contributed by atoms with Crippen molar-refractivity contribution < 1.29 is 14.6 Å². The van der Waals surface area contributed by atoms with E-state index < -0.39 is 12.3 Å². The van der Waals surface area contributed by atoms with E-state index in [1.807, 2.05) is 0 Å². The summed E-state index contributed by atoms with van der Waals surface area (Å²) >= 11 is 0. The highest BCUT2D eigenvalue weighted by molar-refractivity contribution is 5.89. The first-order valence-electron chi connectivity index (χ1n) is 3.61. The number of benzene rings is 1. The van der Waals surface area contributed by atoms with Gasteiger partial charge in [0.25, 0.3) is 0 Å². The molecule has 13 heavy (non-hydrogen) atoms. The Balaban J connectivity index is 2.72. The standard InChI is InChI=1S/C8H10N2O3/c9-8(10)13-7(12)5-1-3-6(11)4-2-5/h1-4,8,11H,9-10H2. The molecule has 0 amide bonds. The van der Waals surface area contributed by atoms with E-state index in [2.05, 4.69) is 4.74 Å². The first-order valence-corrected chi connectivity index (χ1v) is 3.61. The van der Waals surface area contributed by atoms with Crippen molar-refractivity contribution in [1.29, 1.82) is 0 Å². The summed E-state index contributed by atoms with van der Waals surface area (Å²) in [6.45, 7) is 0. The monoisotopic (exact) mass is 182 g/mol. The number of phenols is 1. The van der Waals surface area contributed by atoms with Crippen molar-refractivity contribution >= 4 is 5.97 Å². The van der Waals surface area contributed by atoms with Gasteiger partial charge in [0.1, 0.15) is 5.75 Å². The Morgan fingerprint density at radius 2 is 1.85 bits per heavy atom. The van der Waals surface area contributed by atoms with Gasteiger partial charge in [0.2, 0.25) is 6.35 Å². The molecule has 0 saturated heterocycles. The van der Waals surface area contributed by atoms with Gasteiger partial charge >= 0.3 is 5.97 Å². The van der Waals surface area contributed by atoms with Crippen molar-refractivity contribution in [2.75, 3.05) is 0 Å². The van der Waals surface area contributed by atoms with Gasteiger partial charge in [-0.25, -0.2) is 4.79 Å². The first-order chi connectivity index (χ1) is 6.09. The zero-order chi connectivity index (χ0) is 9.84. The second-order valence-electron chi connectivity index (χ2n) is 2.42. The van der Waals surface area contributed by atoms with E-state index in [1.165, 1.54) is 24.3 Å². The molecule has 70 valence electrons. The van der Waals surface area contributed by atoms with Crippen molar-refractivity contribution in [3.63, 3.8) is 0 Å². The first kappa shape index (κ1) is 9.50. The molecule has 1 aromatic carbocycles. The fourth-order valence-electron chi connectivity index (χ4n) is 0.789. The van der Waals surface area contributed by atoms with E-state index in [1.54, 1.807) is 0 Å². The van der Waals surface area contributed by atoms with E-state index in [9.17, 15) is 4.79 Å². The smallest absolute Gasteiger partial charge is 0.340 e. The maximum Gasteiger partial charge on any atom is 0.340 e. The maximum absolute atomic E-state index is 11.1. The number of hydrogen-bond donors (Lipinski definition) is 3. The van der Waals surface area contributed by atoms with E-state index in [4.69, 9.17) is 16.6 Å². The maximum atomic E-state index is 11.1. The molecule has 0 bridgehead atoms. The largest absolute Gasteiger partial charge is 0.508 e. The minimum absolute atomic E-state index is 0.0774. The van der Waals surface area contributed by atoms with E-state index >= 15 is 0 Å². The number of rotatable bonds is 2. The summed E-state index contributed by atoms with van der Waals surface area (Å²) in [5.41, 5.74) is 10.4.